The molecule has 0 bridgehead atoms. The normalized spacial score (nSPS) is 16.0. The largest absolute Gasteiger partial charge is 0.384 e. The number of hydrogen-bond donors (Lipinski definition) is 4. The van der Waals surface area contributed by atoms with Crippen molar-refractivity contribution in [3.63, 3.8) is 0 Å². The van der Waals surface area contributed by atoms with Gasteiger partial charge in [0, 0.05) is 18.5 Å². The van der Waals surface area contributed by atoms with Gasteiger partial charge in [0.15, 0.2) is 0 Å². The van der Waals surface area contributed by atoms with Crippen LogP contribution in [-0.4, -0.2) is 38.7 Å². The van der Waals surface area contributed by atoms with E-state index >= 15 is 0 Å². The monoisotopic (exact) mass is 342 g/mol. The van der Waals surface area contributed by atoms with E-state index in [1.807, 2.05) is 0 Å². The maximum absolute atomic E-state index is 12.7. The van der Waals surface area contributed by atoms with E-state index < -0.39 is 11.4 Å². The van der Waals surface area contributed by atoms with E-state index in [2.05, 4.69) is 16.0 Å². The number of ether oxygens (including phenoxy) is 1. The Morgan fingerprint density at radius 3 is 2.43 bits per heavy atom. The van der Waals surface area contributed by atoms with E-state index in [1.165, 1.54) is 0 Å². The number of halogens is 1. The van der Waals surface area contributed by atoms with Crippen LogP contribution in [0.4, 0.5) is 16.2 Å². The van der Waals surface area contributed by atoms with Gasteiger partial charge in [0.1, 0.15) is 0 Å². The van der Waals surface area contributed by atoms with Gasteiger partial charge in [-0.2, -0.15) is 0 Å². The number of nitrogens with two attached hydrogens (primary N) is 1. The molecule has 5 N–H and O–H groups in total. The summed E-state index contributed by atoms with van der Waals surface area (Å²) >= 11 is 0. The van der Waals surface area contributed by atoms with Gasteiger partial charge in [-0.25, -0.2) is 4.79 Å². The fraction of sp³-hybridized carbons (Fsp3) is 0.467. The number of benzene rings is 1. The molecule has 128 valence electrons. The van der Waals surface area contributed by atoms with Crippen LogP contribution in [-0.2, 0) is 9.53 Å². The van der Waals surface area contributed by atoms with Crippen molar-refractivity contribution in [1.82, 2.24) is 5.32 Å². The highest BCUT2D eigenvalue weighted by atomic mass is 35.5. The summed E-state index contributed by atoms with van der Waals surface area (Å²) in [5.74, 6) is -0.0629. The van der Waals surface area contributed by atoms with Crippen molar-refractivity contribution in [2.75, 3.05) is 37.4 Å². The quantitative estimate of drug-likeness (QED) is 0.651. The fourth-order valence-electron chi connectivity index (χ4n) is 2.70. The lowest BCUT2D eigenvalue weighted by Crippen LogP contribution is -2.47. The molecular weight excluding hydrogens is 320 g/mol. The van der Waals surface area contributed by atoms with Crippen molar-refractivity contribution >= 4 is 35.7 Å². The highest BCUT2D eigenvalue weighted by Gasteiger charge is 2.39. The van der Waals surface area contributed by atoms with Crippen LogP contribution in [0.5, 0.6) is 0 Å². The summed E-state index contributed by atoms with van der Waals surface area (Å²) in [5.41, 5.74) is 5.73. The minimum atomic E-state index is -0.641. The van der Waals surface area contributed by atoms with Gasteiger partial charge in [0.05, 0.1) is 12.0 Å². The zero-order chi connectivity index (χ0) is 16.0. The number of carbonyl (C=O) groups is 2. The Hall–Kier alpha value is -1.83. The van der Waals surface area contributed by atoms with Crippen molar-refractivity contribution in [2.45, 2.75) is 12.8 Å². The molecule has 1 aliphatic rings. The summed E-state index contributed by atoms with van der Waals surface area (Å²) in [6.07, 6.45) is 1.46. The Bertz CT molecular complexity index is 542. The van der Waals surface area contributed by atoms with Crippen LogP contribution in [0, 0.1) is 5.41 Å². The summed E-state index contributed by atoms with van der Waals surface area (Å²) < 4.78 is 5.26. The van der Waals surface area contributed by atoms with E-state index in [1.54, 1.807) is 31.4 Å². The SMILES string of the molecule is COCC1(C(=O)Nc2cccc(NC(N)=O)c2)CCNCC1.Cl. The molecule has 23 heavy (non-hydrogen) atoms. The predicted molar refractivity (Wildman–Crippen MR) is 91.9 cm³/mol. The first-order valence-electron chi connectivity index (χ1n) is 7.23. The van der Waals surface area contributed by atoms with Crippen LogP contribution in [0.2, 0.25) is 0 Å². The first-order chi connectivity index (χ1) is 10.6. The number of anilines is 2. The van der Waals surface area contributed by atoms with Crippen molar-refractivity contribution in [1.29, 1.82) is 0 Å². The van der Waals surface area contributed by atoms with Gasteiger partial charge >= 0.3 is 6.03 Å². The third-order valence-corrected chi connectivity index (χ3v) is 3.85. The van der Waals surface area contributed by atoms with Crippen LogP contribution in [0.3, 0.4) is 0 Å². The number of amides is 3. The minimum Gasteiger partial charge on any atom is -0.384 e. The molecule has 0 atom stereocenters. The van der Waals surface area contributed by atoms with Crippen molar-refractivity contribution in [3.8, 4) is 0 Å². The molecule has 3 amide bonds. The molecule has 0 aromatic heterocycles. The first kappa shape index (κ1) is 19.2. The summed E-state index contributed by atoms with van der Waals surface area (Å²) in [4.78, 5) is 23.6. The van der Waals surface area contributed by atoms with Crippen LogP contribution < -0.4 is 21.7 Å². The van der Waals surface area contributed by atoms with Gasteiger partial charge in [0.25, 0.3) is 0 Å². The molecule has 2 rings (SSSR count). The van der Waals surface area contributed by atoms with Crippen LogP contribution in [0.1, 0.15) is 12.8 Å². The molecule has 0 aliphatic carbocycles. The number of primary amides is 1. The highest BCUT2D eigenvalue weighted by Crippen LogP contribution is 2.31. The summed E-state index contributed by atoms with van der Waals surface area (Å²) in [7, 11) is 1.61. The maximum atomic E-state index is 12.7. The number of nitrogens with one attached hydrogen (secondary N) is 3. The molecule has 1 aromatic rings. The Morgan fingerprint density at radius 2 is 1.87 bits per heavy atom. The number of urea groups is 1. The van der Waals surface area contributed by atoms with E-state index in [0.29, 0.717) is 18.0 Å². The molecule has 0 radical (unpaired) electrons. The molecule has 1 fully saturated rings. The second-order valence-electron chi connectivity index (χ2n) is 5.49. The molecule has 7 nitrogen and oxygen atoms in total. The first-order valence-corrected chi connectivity index (χ1v) is 7.23. The zero-order valence-corrected chi connectivity index (χ0v) is 13.9. The summed E-state index contributed by atoms with van der Waals surface area (Å²) in [6, 6.07) is 6.25. The average Bonchev–Trinajstić information content (AvgIpc) is 2.48. The summed E-state index contributed by atoms with van der Waals surface area (Å²) in [5, 5.41) is 8.65. The lowest BCUT2D eigenvalue weighted by atomic mass is 9.78. The van der Waals surface area contributed by atoms with Gasteiger partial charge in [-0.1, -0.05) is 6.07 Å². The van der Waals surface area contributed by atoms with E-state index in [9.17, 15) is 9.59 Å². The molecular formula is C15H23ClN4O3. The number of piperidine rings is 1. The summed E-state index contributed by atoms with van der Waals surface area (Å²) in [6.45, 7) is 1.97. The van der Waals surface area contributed by atoms with Crippen molar-refractivity contribution < 1.29 is 14.3 Å². The molecule has 1 heterocycles. The maximum Gasteiger partial charge on any atom is 0.316 e. The predicted octanol–water partition coefficient (Wildman–Crippen LogP) is 1.55. The second-order valence-corrected chi connectivity index (χ2v) is 5.49. The van der Waals surface area contributed by atoms with Crippen LogP contribution in [0.15, 0.2) is 24.3 Å². The van der Waals surface area contributed by atoms with Crippen LogP contribution >= 0.6 is 12.4 Å². The highest BCUT2D eigenvalue weighted by molar-refractivity contribution is 5.96. The number of methoxy groups -OCH3 is 1. The van der Waals surface area contributed by atoms with Crippen LogP contribution in [0.25, 0.3) is 0 Å². The molecule has 0 unspecified atom stereocenters. The Morgan fingerprint density at radius 1 is 1.26 bits per heavy atom. The van der Waals surface area contributed by atoms with Gasteiger partial charge in [-0.05, 0) is 44.1 Å². The molecule has 0 spiro atoms. The van der Waals surface area contributed by atoms with Gasteiger partial charge in [0.2, 0.25) is 5.91 Å². The van der Waals surface area contributed by atoms with Crippen molar-refractivity contribution in [2.24, 2.45) is 11.1 Å². The molecule has 8 heteroatoms. The lowest BCUT2D eigenvalue weighted by Gasteiger charge is -2.35. The molecule has 1 aromatic carbocycles. The van der Waals surface area contributed by atoms with E-state index in [-0.39, 0.29) is 18.3 Å². The second kappa shape index (κ2) is 8.71. The standard InChI is InChI=1S/C15H22N4O3.ClH/c1-22-10-15(5-7-17-8-6-15)13(20)18-11-3-2-4-12(9-11)19-14(16)21;/h2-4,9,17H,5-8,10H2,1H3,(H,18,20)(H3,16,19,21);1H. The number of rotatable bonds is 5. The third-order valence-electron chi connectivity index (χ3n) is 3.85. The number of carbonyl (C=O) groups excluding carboxylic acids is 2. The topological polar surface area (TPSA) is 105 Å². The van der Waals surface area contributed by atoms with Gasteiger partial charge < -0.3 is 26.4 Å². The molecule has 1 aliphatic heterocycles. The molecule has 1 saturated heterocycles. The molecule has 0 saturated carbocycles. The Kier molecular flexibility index (Phi) is 7.28. The Labute approximate surface area is 141 Å². The zero-order valence-electron chi connectivity index (χ0n) is 13.1. The van der Waals surface area contributed by atoms with Crippen molar-refractivity contribution in [3.05, 3.63) is 24.3 Å². The van der Waals surface area contributed by atoms with E-state index in [4.69, 9.17) is 10.5 Å². The fourth-order valence-corrected chi connectivity index (χ4v) is 2.70. The van der Waals surface area contributed by atoms with Gasteiger partial charge in [-0.15, -0.1) is 12.4 Å². The minimum absolute atomic E-state index is 0. The third kappa shape index (κ3) is 5.09. The smallest absolute Gasteiger partial charge is 0.316 e. The average molecular weight is 343 g/mol. The number of hydrogen-bond acceptors (Lipinski definition) is 4. The van der Waals surface area contributed by atoms with E-state index in [0.717, 1.165) is 25.9 Å². The Balaban J connectivity index is 0.00000264. The lowest BCUT2D eigenvalue weighted by molar-refractivity contribution is -0.130. The van der Waals surface area contributed by atoms with Gasteiger partial charge in [-0.3, -0.25) is 4.79 Å².